The van der Waals surface area contributed by atoms with E-state index in [2.05, 4.69) is 6.58 Å². The summed E-state index contributed by atoms with van der Waals surface area (Å²) in [6.45, 7) is 6.35. The van der Waals surface area contributed by atoms with Gasteiger partial charge in [0, 0.05) is 11.8 Å². The summed E-state index contributed by atoms with van der Waals surface area (Å²) in [5.74, 6) is -0.311. The van der Waals surface area contributed by atoms with Crippen molar-refractivity contribution in [2.45, 2.75) is 6.92 Å². The van der Waals surface area contributed by atoms with Crippen molar-refractivity contribution in [2.24, 2.45) is 0 Å². The molecule has 2 nitrogen and oxygen atoms in total. The minimum atomic E-state index is -0.311. The minimum Gasteiger partial charge on any atom is -0.268 e. The van der Waals surface area contributed by atoms with Crippen LogP contribution in [0.4, 0.5) is 0 Å². The molecule has 1 amide bonds. The fourth-order valence-corrected chi connectivity index (χ4v) is 0.283. The van der Waals surface area contributed by atoms with Gasteiger partial charge in [-0.1, -0.05) is 6.58 Å². The number of rotatable bonds is 2. The zero-order chi connectivity index (χ0) is 6.57. The standard InChI is InChI=1S/C5H7ClNO/c1-3-5(8)7(6)4-2/h3-4H,1H2,2H3. The molecule has 0 aromatic rings. The van der Waals surface area contributed by atoms with Crippen LogP contribution < -0.4 is 0 Å². The van der Waals surface area contributed by atoms with E-state index in [4.69, 9.17) is 11.8 Å². The van der Waals surface area contributed by atoms with Gasteiger partial charge in [-0.3, -0.25) is 4.79 Å². The van der Waals surface area contributed by atoms with Crippen molar-refractivity contribution in [3.8, 4) is 0 Å². The van der Waals surface area contributed by atoms with E-state index in [1.54, 1.807) is 6.92 Å². The fourth-order valence-electron chi connectivity index (χ4n) is 0.214. The molecule has 0 aromatic carbocycles. The van der Waals surface area contributed by atoms with Gasteiger partial charge in [0.05, 0.1) is 6.54 Å². The Morgan fingerprint density at radius 3 is 2.50 bits per heavy atom. The van der Waals surface area contributed by atoms with Crippen molar-refractivity contribution in [1.29, 1.82) is 0 Å². The Hall–Kier alpha value is -0.500. The van der Waals surface area contributed by atoms with E-state index < -0.39 is 0 Å². The van der Waals surface area contributed by atoms with E-state index in [0.717, 1.165) is 10.5 Å². The van der Waals surface area contributed by atoms with Gasteiger partial charge in [0.25, 0.3) is 5.91 Å². The van der Waals surface area contributed by atoms with Crippen LogP contribution in [0.15, 0.2) is 12.7 Å². The maximum absolute atomic E-state index is 10.4. The Labute approximate surface area is 53.8 Å². The van der Waals surface area contributed by atoms with Crippen LogP contribution in [0.5, 0.6) is 0 Å². The average Bonchev–Trinajstić information content (AvgIpc) is 1.84. The van der Waals surface area contributed by atoms with Crippen LogP contribution in [-0.2, 0) is 4.79 Å². The summed E-state index contributed by atoms with van der Waals surface area (Å²) >= 11 is 5.27. The van der Waals surface area contributed by atoms with Gasteiger partial charge in [0.2, 0.25) is 0 Å². The monoisotopic (exact) mass is 132 g/mol. The Morgan fingerprint density at radius 2 is 2.38 bits per heavy atom. The number of carbonyl (C=O) groups excluding carboxylic acids is 1. The predicted molar refractivity (Wildman–Crippen MR) is 32.9 cm³/mol. The summed E-state index contributed by atoms with van der Waals surface area (Å²) < 4.78 is 0.938. The summed E-state index contributed by atoms with van der Waals surface area (Å²) in [6, 6.07) is 0. The fraction of sp³-hybridized carbons (Fsp3) is 0.200. The molecule has 0 fully saturated rings. The van der Waals surface area contributed by atoms with Gasteiger partial charge < -0.3 is 0 Å². The highest BCUT2D eigenvalue weighted by molar-refractivity contribution is 6.23. The quantitative estimate of drug-likeness (QED) is 0.410. The number of hydrogen-bond donors (Lipinski definition) is 0. The van der Waals surface area contributed by atoms with Crippen LogP contribution in [0.25, 0.3) is 0 Å². The van der Waals surface area contributed by atoms with Crippen molar-refractivity contribution >= 4 is 17.7 Å². The highest BCUT2D eigenvalue weighted by Crippen LogP contribution is 1.96. The molecule has 45 valence electrons. The lowest BCUT2D eigenvalue weighted by molar-refractivity contribution is -0.120. The molecule has 1 radical (unpaired) electrons. The van der Waals surface area contributed by atoms with E-state index in [9.17, 15) is 4.79 Å². The van der Waals surface area contributed by atoms with Crippen molar-refractivity contribution < 1.29 is 4.79 Å². The molecule has 0 rings (SSSR count). The van der Waals surface area contributed by atoms with Gasteiger partial charge >= 0.3 is 0 Å². The van der Waals surface area contributed by atoms with Crippen LogP contribution >= 0.6 is 11.8 Å². The third kappa shape index (κ3) is 1.98. The summed E-state index contributed by atoms with van der Waals surface area (Å²) in [7, 11) is 0. The first-order valence-electron chi connectivity index (χ1n) is 2.13. The first-order valence-corrected chi connectivity index (χ1v) is 2.47. The smallest absolute Gasteiger partial charge is 0.260 e. The second-order valence-electron chi connectivity index (χ2n) is 1.11. The number of carbonyl (C=O) groups is 1. The van der Waals surface area contributed by atoms with Crippen LogP contribution in [0.2, 0.25) is 0 Å². The summed E-state index contributed by atoms with van der Waals surface area (Å²) in [4.78, 5) is 10.4. The van der Waals surface area contributed by atoms with Gasteiger partial charge in [-0.05, 0) is 13.0 Å². The van der Waals surface area contributed by atoms with Gasteiger partial charge in [-0.25, -0.2) is 4.42 Å². The molecular weight excluding hydrogens is 126 g/mol. The molecule has 0 saturated heterocycles. The summed E-state index contributed by atoms with van der Waals surface area (Å²) in [5.41, 5.74) is 0. The van der Waals surface area contributed by atoms with E-state index in [1.807, 2.05) is 0 Å². The molecule has 3 heteroatoms. The first kappa shape index (κ1) is 7.50. The average molecular weight is 133 g/mol. The highest BCUT2D eigenvalue weighted by atomic mass is 35.5. The van der Waals surface area contributed by atoms with Crippen LogP contribution in [0.1, 0.15) is 6.92 Å². The minimum absolute atomic E-state index is 0.311. The normalized spacial score (nSPS) is 8.25. The number of halogens is 1. The molecule has 0 bridgehead atoms. The zero-order valence-electron chi connectivity index (χ0n) is 4.60. The molecule has 0 aliphatic carbocycles. The number of nitrogens with zero attached hydrogens (tertiary/aromatic N) is 1. The maximum Gasteiger partial charge on any atom is 0.260 e. The molecule has 0 N–H and O–H groups in total. The third-order valence-electron chi connectivity index (χ3n) is 0.612. The Morgan fingerprint density at radius 1 is 1.88 bits per heavy atom. The molecule has 0 heterocycles. The summed E-state index contributed by atoms with van der Waals surface area (Å²) in [5, 5.41) is 0. The van der Waals surface area contributed by atoms with Crippen molar-refractivity contribution in [1.82, 2.24) is 4.42 Å². The molecule has 0 aliphatic rings. The van der Waals surface area contributed by atoms with Crippen LogP contribution in [-0.4, -0.2) is 10.3 Å². The first-order chi connectivity index (χ1) is 3.72. The Bertz CT molecular complexity index is 103. The Kier molecular flexibility index (Phi) is 3.28. The Balaban J connectivity index is 3.62. The number of amides is 1. The largest absolute Gasteiger partial charge is 0.268 e. The van der Waals surface area contributed by atoms with E-state index >= 15 is 0 Å². The summed E-state index contributed by atoms with van der Waals surface area (Å²) in [6.07, 6.45) is 1.15. The third-order valence-corrected chi connectivity index (χ3v) is 0.974. The lowest BCUT2D eigenvalue weighted by Gasteiger charge is -2.04. The van der Waals surface area contributed by atoms with Gasteiger partial charge in [0.1, 0.15) is 0 Å². The van der Waals surface area contributed by atoms with E-state index in [0.29, 0.717) is 0 Å². The molecule has 0 atom stereocenters. The predicted octanol–water partition coefficient (Wildman–Crippen LogP) is 1.34. The molecule has 0 saturated carbocycles. The second kappa shape index (κ2) is 3.50. The number of hydrogen-bond acceptors (Lipinski definition) is 1. The van der Waals surface area contributed by atoms with E-state index in [1.165, 1.54) is 6.54 Å². The van der Waals surface area contributed by atoms with Gasteiger partial charge in [0.15, 0.2) is 0 Å². The molecule has 8 heavy (non-hydrogen) atoms. The van der Waals surface area contributed by atoms with Crippen LogP contribution in [0, 0.1) is 6.54 Å². The SMILES string of the molecule is C=CC(=O)N(Cl)[CH]C. The van der Waals surface area contributed by atoms with Gasteiger partial charge in [-0.2, -0.15) is 0 Å². The molecule has 0 aliphatic heterocycles. The molecule has 0 spiro atoms. The highest BCUT2D eigenvalue weighted by Gasteiger charge is 2.00. The van der Waals surface area contributed by atoms with Crippen LogP contribution in [0.3, 0.4) is 0 Å². The lowest BCUT2D eigenvalue weighted by Crippen LogP contribution is -2.13. The van der Waals surface area contributed by atoms with Crippen molar-refractivity contribution in [3.63, 3.8) is 0 Å². The lowest BCUT2D eigenvalue weighted by atomic mass is 10.6. The second-order valence-corrected chi connectivity index (χ2v) is 1.48. The van der Waals surface area contributed by atoms with E-state index in [-0.39, 0.29) is 5.91 Å². The van der Waals surface area contributed by atoms with Crippen molar-refractivity contribution in [2.75, 3.05) is 0 Å². The molecule has 0 aromatic heterocycles. The zero-order valence-corrected chi connectivity index (χ0v) is 5.35. The maximum atomic E-state index is 10.4. The topological polar surface area (TPSA) is 20.3 Å². The molecular formula is C5H7ClNO. The van der Waals surface area contributed by atoms with Gasteiger partial charge in [-0.15, -0.1) is 0 Å². The molecule has 0 unspecified atom stereocenters. The van der Waals surface area contributed by atoms with Crippen molar-refractivity contribution in [3.05, 3.63) is 19.2 Å².